The van der Waals surface area contributed by atoms with Gasteiger partial charge in [-0.25, -0.2) is 0 Å². The Hall–Kier alpha value is -1.92. The van der Waals surface area contributed by atoms with E-state index in [-0.39, 0.29) is 5.91 Å². The first-order chi connectivity index (χ1) is 11.2. The summed E-state index contributed by atoms with van der Waals surface area (Å²) in [5.74, 6) is 0.856. The maximum absolute atomic E-state index is 12.5. The fourth-order valence-corrected chi connectivity index (χ4v) is 2.99. The monoisotopic (exact) mass is 332 g/mol. The van der Waals surface area contributed by atoms with E-state index in [9.17, 15) is 4.79 Å². The molecule has 0 saturated carbocycles. The maximum Gasteiger partial charge on any atom is 0.276 e. The zero-order valence-corrected chi connectivity index (χ0v) is 13.9. The van der Waals surface area contributed by atoms with Gasteiger partial charge in [0.15, 0.2) is 5.11 Å². The Morgan fingerprint density at radius 2 is 2.35 bits per heavy atom. The molecule has 1 N–H and O–H groups in total. The summed E-state index contributed by atoms with van der Waals surface area (Å²) in [4.78, 5) is 14.1. The minimum absolute atomic E-state index is 0.0803. The molecule has 0 spiro atoms. The largest absolute Gasteiger partial charge is 0.493 e. The Kier molecular flexibility index (Phi) is 4.93. The molecule has 2 aliphatic heterocycles. The predicted octanol–water partition coefficient (Wildman–Crippen LogP) is 2.11. The molecule has 0 aromatic heterocycles. The van der Waals surface area contributed by atoms with Gasteiger partial charge in [0, 0.05) is 26.2 Å². The molecule has 0 atom stereocenters. The van der Waals surface area contributed by atoms with Crippen molar-refractivity contribution in [1.82, 2.24) is 10.2 Å². The lowest BCUT2D eigenvalue weighted by molar-refractivity contribution is -0.122. The number of hydrogen-bond donors (Lipinski definition) is 1. The molecule has 23 heavy (non-hydrogen) atoms. The summed E-state index contributed by atoms with van der Waals surface area (Å²) in [6, 6.07) is 5.96. The molecule has 0 unspecified atom stereocenters. The second kappa shape index (κ2) is 7.10. The van der Waals surface area contributed by atoms with Crippen molar-refractivity contribution in [2.24, 2.45) is 0 Å². The van der Waals surface area contributed by atoms with Gasteiger partial charge < -0.3 is 14.8 Å². The van der Waals surface area contributed by atoms with E-state index in [1.165, 1.54) is 5.56 Å². The van der Waals surface area contributed by atoms with Crippen LogP contribution in [0.1, 0.15) is 24.5 Å². The molecular formula is C17H20N2O3S. The molecule has 2 heterocycles. The number of rotatable bonds is 6. The van der Waals surface area contributed by atoms with Crippen molar-refractivity contribution in [3.05, 3.63) is 35.0 Å². The van der Waals surface area contributed by atoms with E-state index >= 15 is 0 Å². The first-order valence-electron chi connectivity index (χ1n) is 7.87. The van der Waals surface area contributed by atoms with Crippen LogP contribution in [0.2, 0.25) is 0 Å². The summed E-state index contributed by atoms with van der Waals surface area (Å²) in [6.07, 6.45) is 3.52. The summed E-state index contributed by atoms with van der Waals surface area (Å²) in [7, 11) is 0. The molecule has 1 amide bonds. The lowest BCUT2D eigenvalue weighted by Crippen LogP contribution is -2.32. The van der Waals surface area contributed by atoms with E-state index in [2.05, 4.69) is 11.4 Å². The number of fused-ring (bicyclic) bond motifs is 1. The average Bonchev–Trinajstić information content (AvgIpc) is 3.10. The highest BCUT2D eigenvalue weighted by molar-refractivity contribution is 7.80. The van der Waals surface area contributed by atoms with Crippen LogP contribution in [0.3, 0.4) is 0 Å². The zero-order valence-electron chi connectivity index (χ0n) is 13.1. The van der Waals surface area contributed by atoms with Crippen LogP contribution in [0.25, 0.3) is 6.08 Å². The van der Waals surface area contributed by atoms with E-state index in [4.69, 9.17) is 21.7 Å². The van der Waals surface area contributed by atoms with E-state index in [1.54, 1.807) is 4.90 Å². The van der Waals surface area contributed by atoms with Gasteiger partial charge in [-0.05, 0) is 54.9 Å². The third kappa shape index (κ3) is 3.54. The molecule has 1 aromatic carbocycles. The van der Waals surface area contributed by atoms with Gasteiger partial charge in [-0.15, -0.1) is 0 Å². The van der Waals surface area contributed by atoms with E-state index in [0.29, 0.717) is 30.6 Å². The minimum atomic E-state index is -0.0803. The van der Waals surface area contributed by atoms with Crippen molar-refractivity contribution in [1.29, 1.82) is 0 Å². The number of benzene rings is 1. The Labute approximate surface area is 141 Å². The summed E-state index contributed by atoms with van der Waals surface area (Å²) >= 11 is 5.26. The number of carbonyl (C=O) groups excluding carboxylic acids is 1. The van der Waals surface area contributed by atoms with Crippen molar-refractivity contribution >= 4 is 29.3 Å². The number of thiocarbonyl (C=S) groups is 1. The number of amides is 1. The first kappa shape index (κ1) is 16.0. The summed E-state index contributed by atoms with van der Waals surface area (Å²) in [5, 5.41) is 3.47. The number of carbonyl (C=O) groups is 1. The van der Waals surface area contributed by atoms with Crippen LogP contribution in [-0.4, -0.2) is 42.3 Å². The SMILES string of the molecule is CCOCCCN1C(=O)/C(=C\c2ccc3c(c2)CCO3)NC1=S. The quantitative estimate of drug-likeness (QED) is 0.491. The molecule has 3 rings (SSSR count). The van der Waals surface area contributed by atoms with Crippen molar-refractivity contribution in [3.63, 3.8) is 0 Å². The first-order valence-corrected chi connectivity index (χ1v) is 8.28. The Morgan fingerprint density at radius 1 is 1.48 bits per heavy atom. The molecule has 0 aliphatic carbocycles. The molecule has 1 saturated heterocycles. The molecule has 122 valence electrons. The molecule has 1 aromatic rings. The fraction of sp³-hybridized carbons (Fsp3) is 0.412. The van der Waals surface area contributed by atoms with Crippen molar-refractivity contribution < 1.29 is 14.3 Å². The molecule has 5 nitrogen and oxygen atoms in total. The van der Waals surface area contributed by atoms with Crippen LogP contribution in [0.5, 0.6) is 5.75 Å². The highest BCUT2D eigenvalue weighted by Gasteiger charge is 2.30. The van der Waals surface area contributed by atoms with Crippen LogP contribution in [-0.2, 0) is 16.0 Å². The van der Waals surface area contributed by atoms with Crippen LogP contribution in [0, 0.1) is 0 Å². The Morgan fingerprint density at radius 3 is 3.17 bits per heavy atom. The van der Waals surface area contributed by atoms with Crippen LogP contribution >= 0.6 is 12.2 Å². The minimum Gasteiger partial charge on any atom is -0.493 e. The standard InChI is InChI=1S/C17H20N2O3S/c1-2-21-8-3-7-19-16(20)14(18-17(19)23)11-12-4-5-15-13(10-12)6-9-22-15/h4-5,10-11H,2-3,6-9H2,1H3,(H,18,23)/b14-11+. The second-order valence-electron chi connectivity index (χ2n) is 5.46. The lowest BCUT2D eigenvalue weighted by atomic mass is 10.1. The molecule has 0 bridgehead atoms. The van der Waals surface area contributed by atoms with Crippen molar-refractivity contribution in [3.8, 4) is 5.75 Å². The smallest absolute Gasteiger partial charge is 0.276 e. The zero-order chi connectivity index (χ0) is 16.2. The molecule has 1 fully saturated rings. The van der Waals surface area contributed by atoms with Crippen LogP contribution in [0.4, 0.5) is 0 Å². The van der Waals surface area contributed by atoms with Crippen LogP contribution in [0.15, 0.2) is 23.9 Å². The van der Waals surface area contributed by atoms with Gasteiger partial charge in [0.2, 0.25) is 0 Å². The summed E-state index contributed by atoms with van der Waals surface area (Å²) in [5.41, 5.74) is 2.68. The van der Waals surface area contributed by atoms with Gasteiger partial charge in [0.25, 0.3) is 5.91 Å². The summed E-state index contributed by atoms with van der Waals surface area (Å²) < 4.78 is 10.8. The number of nitrogens with one attached hydrogen (secondary N) is 1. The van der Waals surface area contributed by atoms with E-state index in [0.717, 1.165) is 30.8 Å². The van der Waals surface area contributed by atoms with Gasteiger partial charge in [0.1, 0.15) is 11.4 Å². The van der Waals surface area contributed by atoms with E-state index < -0.39 is 0 Å². The molecule has 2 aliphatic rings. The molecular weight excluding hydrogens is 312 g/mol. The third-order valence-electron chi connectivity index (χ3n) is 3.86. The maximum atomic E-state index is 12.5. The van der Waals surface area contributed by atoms with E-state index in [1.807, 2.05) is 25.1 Å². The third-order valence-corrected chi connectivity index (χ3v) is 4.18. The van der Waals surface area contributed by atoms with Crippen molar-refractivity contribution in [2.45, 2.75) is 19.8 Å². The lowest BCUT2D eigenvalue weighted by Gasteiger charge is -2.13. The summed E-state index contributed by atoms with van der Waals surface area (Å²) in [6.45, 7) is 4.57. The molecule has 0 radical (unpaired) electrons. The second-order valence-corrected chi connectivity index (χ2v) is 5.85. The van der Waals surface area contributed by atoms with Gasteiger partial charge >= 0.3 is 0 Å². The van der Waals surface area contributed by atoms with Gasteiger partial charge in [-0.1, -0.05) is 6.07 Å². The number of ether oxygens (including phenoxy) is 2. The Bertz CT molecular complexity index is 657. The van der Waals surface area contributed by atoms with Crippen molar-refractivity contribution in [2.75, 3.05) is 26.4 Å². The van der Waals surface area contributed by atoms with Crippen LogP contribution < -0.4 is 10.1 Å². The highest BCUT2D eigenvalue weighted by Crippen LogP contribution is 2.27. The number of hydrogen-bond acceptors (Lipinski definition) is 4. The van der Waals surface area contributed by atoms with Gasteiger partial charge in [0.05, 0.1) is 6.61 Å². The average molecular weight is 332 g/mol. The van der Waals surface area contributed by atoms with Gasteiger partial charge in [-0.2, -0.15) is 0 Å². The fourth-order valence-electron chi connectivity index (χ4n) is 2.71. The highest BCUT2D eigenvalue weighted by atomic mass is 32.1. The Balaban J connectivity index is 1.68. The predicted molar refractivity (Wildman–Crippen MR) is 92.2 cm³/mol. The number of nitrogens with zero attached hydrogens (tertiary/aromatic N) is 1. The topological polar surface area (TPSA) is 50.8 Å². The normalized spacial score (nSPS) is 18.3. The van der Waals surface area contributed by atoms with Gasteiger partial charge in [-0.3, -0.25) is 9.69 Å². The molecule has 6 heteroatoms.